The molecular weight excluding hydrogens is 335 g/mol. The maximum absolute atomic E-state index is 12.9. The van der Waals surface area contributed by atoms with E-state index in [1.54, 1.807) is 17.5 Å². The number of amides is 1. The van der Waals surface area contributed by atoms with E-state index in [4.69, 9.17) is 0 Å². The van der Waals surface area contributed by atoms with Crippen LogP contribution in [-0.4, -0.2) is 22.5 Å². The Morgan fingerprint density at radius 1 is 1.26 bits per heavy atom. The van der Waals surface area contributed by atoms with Crippen LogP contribution in [0.25, 0.3) is 10.6 Å². The summed E-state index contributed by atoms with van der Waals surface area (Å²) in [4.78, 5) is 16.3. The number of nitrogens with one attached hydrogen (secondary N) is 1. The Morgan fingerprint density at radius 3 is 2.74 bits per heavy atom. The van der Waals surface area contributed by atoms with Gasteiger partial charge in [0.1, 0.15) is 16.5 Å². The lowest BCUT2D eigenvalue weighted by molar-refractivity contribution is 0.0912. The highest BCUT2D eigenvalue weighted by molar-refractivity contribution is 7.13. The topological polar surface area (TPSA) is 62.2 Å². The molecule has 3 aromatic rings. The summed E-state index contributed by atoms with van der Waals surface area (Å²) in [6.45, 7) is 0.124. The predicted octanol–water partition coefficient (Wildman–Crippen LogP) is 3.47. The molecule has 0 aliphatic heterocycles. The third-order valence-electron chi connectivity index (χ3n) is 3.21. The first-order valence-electron chi connectivity index (χ1n) is 6.83. The van der Waals surface area contributed by atoms with Crippen molar-refractivity contribution in [2.75, 3.05) is 6.54 Å². The van der Waals surface area contributed by atoms with E-state index in [0.717, 1.165) is 11.1 Å². The zero-order valence-corrected chi connectivity index (χ0v) is 13.5. The number of aliphatic hydroxyl groups is 1. The molecule has 0 aliphatic carbocycles. The monoisotopic (exact) mass is 348 g/mol. The Kier molecular flexibility index (Phi) is 4.80. The van der Waals surface area contributed by atoms with Crippen molar-refractivity contribution in [1.29, 1.82) is 0 Å². The summed E-state index contributed by atoms with van der Waals surface area (Å²) >= 11 is 2.80. The van der Waals surface area contributed by atoms with Crippen molar-refractivity contribution < 1.29 is 14.3 Å². The molecule has 1 amide bonds. The van der Waals surface area contributed by atoms with Gasteiger partial charge in [-0.3, -0.25) is 4.79 Å². The molecule has 2 aromatic heterocycles. The second-order valence-corrected chi connectivity index (χ2v) is 6.47. The third-order valence-corrected chi connectivity index (χ3v) is 4.80. The highest BCUT2D eigenvalue weighted by atomic mass is 32.1. The van der Waals surface area contributed by atoms with Crippen LogP contribution in [0.15, 0.2) is 46.5 Å². The van der Waals surface area contributed by atoms with Crippen LogP contribution in [-0.2, 0) is 0 Å². The normalized spacial score (nSPS) is 12.1. The van der Waals surface area contributed by atoms with Crippen LogP contribution in [0.1, 0.15) is 22.2 Å². The second kappa shape index (κ2) is 6.99. The minimum absolute atomic E-state index is 0.124. The van der Waals surface area contributed by atoms with E-state index < -0.39 is 6.10 Å². The number of aliphatic hydroxyl groups excluding tert-OH is 1. The summed E-state index contributed by atoms with van der Waals surface area (Å²) in [5.74, 6) is -0.658. The predicted molar refractivity (Wildman–Crippen MR) is 89.1 cm³/mol. The van der Waals surface area contributed by atoms with Crippen molar-refractivity contribution in [3.8, 4) is 10.6 Å². The number of halogens is 1. The van der Waals surface area contributed by atoms with Crippen molar-refractivity contribution in [3.63, 3.8) is 0 Å². The fourth-order valence-electron chi connectivity index (χ4n) is 1.97. The zero-order chi connectivity index (χ0) is 16.2. The lowest BCUT2D eigenvalue weighted by Crippen LogP contribution is -2.28. The summed E-state index contributed by atoms with van der Waals surface area (Å²) < 4.78 is 12.9. The van der Waals surface area contributed by atoms with E-state index in [1.165, 1.54) is 34.8 Å². The first kappa shape index (κ1) is 15.8. The molecule has 1 unspecified atom stereocenters. The second-order valence-electron chi connectivity index (χ2n) is 4.83. The number of hydrogen-bond donors (Lipinski definition) is 2. The van der Waals surface area contributed by atoms with Crippen LogP contribution in [0.2, 0.25) is 0 Å². The van der Waals surface area contributed by atoms with Gasteiger partial charge in [-0.25, -0.2) is 9.37 Å². The number of carbonyl (C=O) groups excluding carboxylic acids is 1. The Morgan fingerprint density at radius 2 is 2.04 bits per heavy atom. The van der Waals surface area contributed by atoms with Gasteiger partial charge in [-0.05, 0) is 46.7 Å². The van der Waals surface area contributed by atoms with Gasteiger partial charge in [-0.15, -0.1) is 11.3 Å². The van der Waals surface area contributed by atoms with Crippen LogP contribution in [0.3, 0.4) is 0 Å². The van der Waals surface area contributed by atoms with Gasteiger partial charge in [-0.2, -0.15) is 11.3 Å². The molecule has 3 rings (SSSR count). The van der Waals surface area contributed by atoms with E-state index in [0.29, 0.717) is 5.01 Å². The van der Waals surface area contributed by atoms with E-state index in [1.807, 2.05) is 16.8 Å². The van der Waals surface area contributed by atoms with Gasteiger partial charge in [-0.1, -0.05) is 0 Å². The van der Waals surface area contributed by atoms with Crippen molar-refractivity contribution in [1.82, 2.24) is 10.3 Å². The largest absolute Gasteiger partial charge is 0.387 e. The lowest BCUT2D eigenvalue weighted by Gasteiger charge is -2.09. The number of nitrogens with zero attached hydrogens (tertiary/aromatic N) is 1. The molecule has 7 heteroatoms. The number of carbonyl (C=O) groups is 1. The molecule has 0 fully saturated rings. The van der Waals surface area contributed by atoms with Gasteiger partial charge in [0, 0.05) is 17.5 Å². The van der Waals surface area contributed by atoms with Gasteiger partial charge in [0.05, 0.1) is 6.10 Å². The van der Waals surface area contributed by atoms with Crippen LogP contribution in [0.5, 0.6) is 0 Å². The van der Waals surface area contributed by atoms with Crippen molar-refractivity contribution in [2.24, 2.45) is 0 Å². The minimum atomic E-state index is -0.736. The summed E-state index contributed by atoms with van der Waals surface area (Å²) in [5, 5.41) is 18.6. The lowest BCUT2D eigenvalue weighted by atomic mass is 10.2. The SMILES string of the molecule is O=C(NCC(O)c1ccsc1)c1csc(-c2ccc(F)cc2)n1. The molecule has 1 aromatic carbocycles. The molecule has 118 valence electrons. The Hall–Kier alpha value is -2.09. The van der Waals surface area contributed by atoms with Crippen LogP contribution < -0.4 is 5.32 Å². The average molecular weight is 348 g/mol. The number of aromatic nitrogens is 1. The molecule has 0 saturated carbocycles. The molecule has 4 nitrogen and oxygen atoms in total. The van der Waals surface area contributed by atoms with E-state index >= 15 is 0 Å². The number of thiophene rings is 1. The number of hydrogen-bond acceptors (Lipinski definition) is 5. The highest BCUT2D eigenvalue weighted by Gasteiger charge is 2.14. The maximum Gasteiger partial charge on any atom is 0.270 e. The minimum Gasteiger partial charge on any atom is -0.387 e. The molecule has 0 saturated heterocycles. The maximum atomic E-state index is 12.9. The summed E-state index contributed by atoms with van der Waals surface area (Å²) in [5.41, 5.74) is 1.82. The Balaban J connectivity index is 1.63. The molecule has 2 N–H and O–H groups in total. The first-order chi connectivity index (χ1) is 11.1. The van der Waals surface area contributed by atoms with E-state index in [9.17, 15) is 14.3 Å². The first-order valence-corrected chi connectivity index (χ1v) is 8.65. The number of rotatable bonds is 5. The van der Waals surface area contributed by atoms with E-state index in [2.05, 4.69) is 10.3 Å². The van der Waals surface area contributed by atoms with Gasteiger partial charge in [0.15, 0.2) is 0 Å². The van der Waals surface area contributed by atoms with Gasteiger partial charge >= 0.3 is 0 Å². The summed E-state index contributed by atoms with van der Waals surface area (Å²) in [7, 11) is 0. The third kappa shape index (κ3) is 3.82. The molecule has 0 aliphatic rings. The summed E-state index contributed by atoms with van der Waals surface area (Å²) in [6.07, 6.45) is -0.736. The Labute approximate surface area is 140 Å². The van der Waals surface area contributed by atoms with Crippen LogP contribution in [0.4, 0.5) is 4.39 Å². The number of thiazole rings is 1. The van der Waals surface area contributed by atoms with E-state index in [-0.39, 0.29) is 24.0 Å². The van der Waals surface area contributed by atoms with Gasteiger partial charge < -0.3 is 10.4 Å². The van der Waals surface area contributed by atoms with Crippen molar-refractivity contribution >= 4 is 28.6 Å². The van der Waals surface area contributed by atoms with Crippen molar-refractivity contribution in [2.45, 2.75) is 6.10 Å². The molecule has 23 heavy (non-hydrogen) atoms. The number of benzene rings is 1. The molecule has 0 radical (unpaired) electrons. The fraction of sp³-hybridized carbons (Fsp3) is 0.125. The standard InChI is InChI=1S/C16H13FN2O2S2/c17-12-3-1-10(2-4-12)16-19-13(9-23-16)15(21)18-7-14(20)11-5-6-22-8-11/h1-6,8-9,14,20H,7H2,(H,18,21). The molecule has 0 bridgehead atoms. The van der Waals surface area contributed by atoms with Gasteiger partial charge in [0.25, 0.3) is 5.91 Å². The zero-order valence-electron chi connectivity index (χ0n) is 11.9. The quantitative estimate of drug-likeness (QED) is 0.742. The molecule has 2 heterocycles. The van der Waals surface area contributed by atoms with Crippen molar-refractivity contribution in [3.05, 3.63) is 63.5 Å². The van der Waals surface area contributed by atoms with Crippen LogP contribution in [0, 0.1) is 5.82 Å². The summed E-state index contributed by atoms with van der Waals surface area (Å²) in [6, 6.07) is 7.77. The smallest absolute Gasteiger partial charge is 0.270 e. The Bertz CT molecular complexity index is 785. The molecule has 1 atom stereocenters. The van der Waals surface area contributed by atoms with Gasteiger partial charge in [0.2, 0.25) is 0 Å². The molecular formula is C16H13FN2O2S2. The average Bonchev–Trinajstić information content (AvgIpc) is 3.24. The van der Waals surface area contributed by atoms with Crippen LogP contribution >= 0.6 is 22.7 Å². The molecule has 0 spiro atoms. The highest BCUT2D eigenvalue weighted by Crippen LogP contribution is 2.24. The fourth-order valence-corrected chi connectivity index (χ4v) is 3.48.